The fourth-order valence-electron chi connectivity index (χ4n) is 2.13. The summed E-state index contributed by atoms with van der Waals surface area (Å²) in [4.78, 5) is 11.7. The van der Waals surface area contributed by atoms with Gasteiger partial charge in [0.05, 0.1) is 12.5 Å². The SMILES string of the molecule is CC(C)CCOC(=O)C1CCCC1CN. The second kappa shape index (κ2) is 6.11. The van der Waals surface area contributed by atoms with Gasteiger partial charge < -0.3 is 10.5 Å². The van der Waals surface area contributed by atoms with E-state index in [-0.39, 0.29) is 11.9 Å². The third-order valence-corrected chi connectivity index (χ3v) is 3.20. The van der Waals surface area contributed by atoms with Crippen LogP contribution in [0.2, 0.25) is 0 Å². The van der Waals surface area contributed by atoms with Crippen LogP contribution in [-0.4, -0.2) is 19.1 Å². The van der Waals surface area contributed by atoms with Crippen LogP contribution in [-0.2, 0) is 9.53 Å². The van der Waals surface area contributed by atoms with Crippen LogP contribution in [0.5, 0.6) is 0 Å². The lowest BCUT2D eigenvalue weighted by atomic mass is 9.96. The van der Waals surface area contributed by atoms with Crippen molar-refractivity contribution >= 4 is 5.97 Å². The highest BCUT2D eigenvalue weighted by molar-refractivity contribution is 5.73. The van der Waals surface area contributed by atoms with Gasteiger partial charge in [0.15, 0.2) is 0 Å². The van der Waals surface area contributed by atoms with Gasteiger partial charge in [0.25, 0.3) is 0 Å². The van der Waals surface area contributed by atoms with Gasteiger partial charge in [-0.3, -0.25) is 4.79 Å². The standard InChI is InChI=1S/C12H23NO2/c1-9(2)6-7-15-12(14)11-5-3-4-10(11)8-13/h9-11H,3-8,13H2,1-2H3. The number of hydrogen-bond donors (Lipinski definition) is 1. The van der Waals surface area contributed by atoms with Crippen molar-refractivity contribution in [2.24, 2.45) is 23.5 Å². The predicted molar refractivity (Wildman–Crippen MR) is 60.3 cm³/mol. The average Bonchev–Trinajstić information content (AvgIpc) is 2.64. The summed E-state index contributed by atoms with van der Waals surface area (Å²) in [7, 11) is 0. The molecule has 0 aromatic carbocycles. The van der Waals surface area contributed by atoms with Crippen molar-refractivity contribution in [3.05, 3.63) is 0 Å². The molecule has 0 aliphatic heterocycles. The topological polar surface area (TPSA) is 52.3 Å². The van der Waals surface area contributed by atoms with Crippen LogP contribution in [0.4, 0.5) is 0 Å². The molecule has 0 amide bonds. The number of carbonyl (C=O) groups is 1. The van der Waals surface area contributed by atoms with E-state index in [1.165, 1.54) is 0 Å². The summed E-state index contributed by atoms with van der Waals surface area (Å²) < 4.78 is 5.27. The van der Waals surface area contributed by atoms with Gasteiger partial charge >= 0.3 is 5.97 Å². The van der Waals surface area contributed by atoms with Crippen LogP contribution >= 0.6 is 0 Å². The first-order valence-electron chi connectivity index (χ1n) is 6.01. The number of carbonyl (C=O) groups excluding carboxylic acids is 1. The molecule has 2 N–H and O–H groups in total. The molecule has 0 radical (unpaired) electrons. The molecule has 1 saturated carbocycles. The van der Waals surface area contributed by atoms with Crippen LogP contribution in [0.1, 0.15) is 39.5 Å². The molecule has 0 aromatic rings. The summed E-state index contributed by atoms with van der Waals surface area (Å²) >= 11 is 0. The highest BCUT2D eigenvalue weighted by Crippen LogP contribution is 2.31. The van der Waals surface area contributed by atoms with Gasteiger partial charge in [-0.25, -0.2) is 0 Å². The molecule has 88 valence electrons. The van der Waals surface area contributed by atoms with Crippen molar-refractivity contribution in [2.75, 3.05) is 13.2 Å². The lowest BCUT2D eigenvalue weighted by Gasteiger charge is -2.16. The van der Waals surface area contributed by atoms with E-state index in [1.807, 2.05) is 0 Å². The molecule has 1 aliphatic carbocycles. The molecule has 2 atom stereocenters. The average molecular weight is 213 g/mol. The zero-order valence-corrected chi connectivity index (χ0v) is 9.87. The van der Waals surface area contributed by atoms with Crippen molar-refractivity contribution < 1.29 is 9.53 Å². The summed E-state index contributed by atoms with van der Waals surface area (Å²) in [5.74, 6) is 0.994. The van der Waals surface area contributed by atoms with E-state index >= 15 is 0 Å². The number of esters is 1. The molecule has 2 unspecified atom stereocenters. The maximum absolute atomic E-state index is 11.7. The Hall–Kier alpha value is -0.570. The van der Waals surface area contributed by atoms with E-state index in [2.05, 4.69) is 13.8 Å². The lowest BCUT2D eigenvalue weighted by Crippen LogP contribution is -2.27. The quantitative estimate of drug-likeness (QED) is 0.710. The minimum absolute atomic E-state index is 0.0244. The first-order chi connectivity index (χ1) is 7.15. The second-order valence-electron chi connectivity index (χ2n) is 4.88. The summed E-state index contributed by atoms with van der Waals surface area (Å²) in [5, 5.41) is 0. The largest absolute Gasteiger partial charge is 0.465 e. The van der Waals surface area contributed by atoms with Gasteiger partial charge in [-0.05, 0) is 37.6 Å². The van der Waals surface area contributed by atoms with Crippen molar-refractivity contribution in [3.8, 4) is 0 Å². The van der Waals surface area contributed by atoms with Gasteiger partial charge in [0.1, 0.15) is 0 Å². The maximum atomic E-state index is 11.7. The summed E-state index contributed by atoms with van der Waals surface area (Å²) in [6.45, 7) is 5.44. The molecule has 3 heteroatoms. The fraction of sp³-hybridized carbons (Fsp3) is 0.917. The Morgan fingerprint density at radius 1 is 1.47 bits per heavy atom. The van der Waals surface area contributed by atoms with Crippen molar-refractivity contribution in [2.45, 2.75) is 39.5 Å². The normalized spacial score (nSPS) is 25.9. The number of nitrogens with two attached hydrogens (primary N) is 1. The van der Waals surface area contributed by atoms with Crippen LogP contribution < -0.4 is 5.73 Å². The summed E-state index contributed by atoms with van der Waals surface area (Å²) in [6, 6.07) is 0. The van der Waals surface area contributed by atoms with E-state index in [0.29, 0.717) is 25.0 Å². The van der Waals surface area contributed by atoms with Crippen LogP contribution in [0, 0.1) is 17.8 Å². The summed E-state index contributed by atoms with van der Waals surface area (Å²) in [6.07, 6.45) is 4.11. The molecule has 0 heterocycles. The van der Waals surface area contributed by atoms with Crippen LogP contribution in [0.25, 0.3) is 0 Å². The van der Waals surface area contributed by atoms with Gasteiger partial charge in [-0.2, -0.15) is 0 Å². The van der Waals surface area contributed by atoms with Gasteiger partial charge in [-0.15, -0.1) is 0 Å². The third kappa shape index (κ3) is 3.82. The lowest BCUT2D eigenvalue weighted by molar-refractivity contribution is -0.150. The van der Waals surface area contributed by atoms with Gasteiger partial charge in [-0.1, -0.05) is 20.3 Å². The molecular weight excluding hydrogens is 190 g/mol. The van der Waals surface area contributed by atoms with Crippen molar-refractivity contribution in [3.63, 3.8) is 0 Å². The number of hydrogen-bond acceptors (Lipinski definition) is 3. The molecule has 0 spiro atoms. The van der Waals surface area contributed by atoms with E-state index in [4.69, 9.17) is 10.5 Å². The van der Waals surface area contributed by atoms with Crippen molar-refractivity contribution in [1.82, 2.24) is 0 Å². The van der Waals surface area contributed by atoms with E-state index in [9.17, 15) is 4.79 Å². The monoisotopic (exact) mass is 213 g/mol. The molecule has 1 rings (SSSR count). The molecule has 1 aliphatic rings. The predicted octanol–water partition coefficient (Wildman–Crippen LogP) is 1.95. The van der Waals surface area contributed by atoms with Gasteiger partial charge in [0, 0.05) is 0 Å². The Bertz CT molecular complexity index is 204. The van der Waals surface area contributed by atoms with E-state index < -0.39 is 0 Å². The van der Waals surface area contributed by atoms with Crippen molar-refractivity contribution in [1.29, 1.82) is 0 Å². The first kappa shape index (κ1) is 12.5. The molecule has 1 fully saturated rings. The minimum Gasteiger partial charge on any atom is -0.465 e. The number of ether oxygens (including phenoxy) is 1. The van der Waals surface area contributed by atoms with E-state index in [0.717, 1.165) is 25.7 Å². The molecule has 15 heavy (non-hydrogen) atoms. The van der Waals surface area contributed by atoms with Crippen LogP contribution in [0.3, 0.4) is 0 Å². The van der Waals surface area contributed by atoms with E-state index in [1.54, 1.807) is 0 Å². The molecule has 0 aromatic heterocycles. The fourth-order valence-corrected chi connectivity index (χ4v) is 2.13. The van der Waals surface area contributed by atoms with Gasteiger partial charge in [0.2, 0.25) is 0 Å². The maximum Gasteiger partial charge on any atom is 0.309 e. The third-order valence-electron chi connectivity index (χ3n) is 3.20. The molecular formula is C12H23NO2. The Labute approximate surface area is 92.4 Å². The first-order valence-corrected chi connectivity index (χ1v) is 6.01. The summed E-state index contributed by atoms with van der Waals surface area (Å²) in [5.41, 5.74) is 5.63. The molecule has 3 nitrogen and oxygen atoms in total. The second-order valence-corrected chi connectivity index (χ2v) is 4.88. The highest BCUT2D eigenvalue weighted by Gasteiger charge is 2.32. The number of rotatable bonds is 5. The highest BCUT2D eigenvalue weighted by atomic mass is 16.5. The zero-order valence-electron chi connectivity index (χ0n) is 9.87. The Morgan fingerprint density at radius 3 is 2.80 bits per heavy atom. The smallest absolute Gasteiger partial charge is 0.309 e. The Balaban J connectivity index is 2.27. The Kier molecular flexibility index (Phi) is 5.09. The zero-order chi connectivity index (χ0) is 11.3. The molecule has 0 bridgehead atoms. The van der Waals surface area contributed by atoms with Crippen LogP contribution in [0.15, 0.2) is 0 Å². The molecule has 0 saturated heterocycles. The Morgan fingerprint density at radius 2 is 2.20 bits per heavy atom. The minimum atomic E-state index is -0.0244.